The normalized spacial score (nSPS) is 10.7. The molecule has 0 saturated heterocycles. The average Bonchev–Trinajstić information content (AvgIpc) is 2.85. The Balaban J connectivity index is 1.66. The number of anilines is 1. The Bertz CT molecular complexity index is 735. The van der Waals surface area contributed by atoms with E-state index in [1.807, 2.05) is 53.2 Å². The monoisotopic (exact) mass is 283 g/mol. The van der Waals surface area contributed by atoms with Crippen LogP contribution in [0.25, 0.3) is 10.9 Å². The van der Waals surface area contributed by atoms with Crippen molar-refractivity contribution in [3.05, 3.63) is 48.5 Å². The second kappa shape index (κ2) is 5.75. The second-order valence-electron chi connectivity index (χ2n) is 4.65. The lowest BCUT2D eigenvalue weighted by Crippen LogP contribution is -2.09. The summed E-state index contributed by atoms with van der Waals surface area (Å²) in [4.78, 5) is 0. The van der Waals surface area contributed by atoms with E-state index in [1.165, 1.54) is 0 Å². The number of fused-ring (bicyclic) bond motifs is 1. The van der Waals surface area contributed by atoms with E-state index in [2.05, 4.69) is 5.10 Å². The molecule has 0 aliphatic heterocycles. The molecule has 0 fully saturated rings. The van der Waals surface area contributed by atoms with Crippen LogP contribution in [-0.4, -0.2) is 23.5 Å². The average molecular weight is 283 g/mol. The highest BCUT2D eigenvalue weighted by molar-refractivity contribution is 5.88. The van der Waals surface area contributed by atoms with Gasteiger partial charge in [0.25, 0.3) is 0 Å². The lowest BCUT2D eigenvalue weighted by molar-refractivity contribution is 0.293. The molecule has 21 heavy (non-hydrogen) atoms. The first-order valence-corrected chi connectivity index (χ1v) is 6.76. The zero-order valence-electron chi connectivity index (χ0n) is 11.8. The largest absolute Gasteiger partial charge is 0.497 e. The van der Waals surface area contributed by atoms with Gasteiger partial charge in [-0.15, -0.1) is 0 Å². The number of nitrogens with zero attached hydrogens (tertiary/aromatic N) is 2. The number of rotatable bonds is 5. The van der Waals surface area contributed by atoms with Crippen molar-refractivity contribution < 1.29 is 9.47 Å². The Labute approximate surface area is 122 Å². The van der Waals surface area contributed by atoms with E-state index in [9.17, 15) is 0 Å². The van der Waals surface area contributed by atoms with E-state index in [1.54, 1.807) is 7.11 Å². The van der Waals surface area contributed by atoms with Crippen molar-refractivity contribution in [1.82, 2.24) is 9.78 Å². The molecule has 1 heterocycles. The highest BCUT2D eigenvalue weighted by atomic mass is 16.5. The van der Waals surface area contributed by atoms with Crippen LogP contribution in [0.1, 0.15) is 0 Å². The Morgan fingerprint density at radius 3 is 2.52 bits per heavy atom. The van der Waals surface area contributed by atoms with E-state index >= 15 is 0 Å². The topological polar surface area (TPSA) is 62.3 Å². The second-order valence-corrected chi connectivity index (χ2v) is 4.65. The predicted octanol–water partition coefficient (Wildman–Crippen LogP) is 2.71. The molecule has 5 nitrogen and oxygen atoms in total. The van der Waals surface area contributed by atoms with Gasteiger partial charge in [0.15, 0.2) is 5.82 Å². The van der Waals surface area contributed by atoms with Crippen molar-refractivity contribution in [2.24, 2.45) is 0 Å². The van der Waals surface area contributed by atoms with Crippen molar-refractivity contribution in [2.75, 3.05) is 19.5 Å². The number of hydrogen-bond acceptors (Lipinski definition) is 4. The maximum Gasteiger partial charge on any atom is 0.153 e. The lowest BCUT2D eigenvalue weighted by Gasteiger charge is -2.07. The van der Waals surface area contributed by atoms with E-state index in [-0.39, 0.29) is 0 Å². The van der Waals surface area contributed by atoms with Gasteiger partial charge in [0, 0.05) is 5.39 Å². The van der Waals surface area contributed by atoms with Gasteiger partial charge in [-0.1, -0.05) is 12.1 Å². The third kappa shape index (κ3) is 2.76. The highest BCUT2D eigenvalue weighted by Gasteiger charge is 2.06. The summed E-state index contributed by atoms with van der Waals surface area (Å²) in [6, 6.07) is 15.4. The molecule has 0 spiro atoms. The maximum atomic E-state index is 5.91. The van der Waals surface area contributed by atoms with E-state index in [0.717, 1.165) is 22.4 Å². The quantitative estimate of drug-likeness (QED) is 0.782. The smallest absolute Gasteiger partial charge is 0.153 e. The van der Waals surface area contributed by atoms with Gasteiger partial charge in [0.1, 0.15) is 18.1 Å². The molecule has 0 aliphatic carbocycles. The van der Waals surface area contributed by atoms with Crippen molar-refractivity contribution in [3.63, 3.8) is 0 Å². The summed E-state index contributed by atoms with van der Waals surface area (Å²) in [6.45, 7) is 1.17. The number of hydrogen-bond donors (Lipinski definition) is 1. The van der Waals surface area contributed by atoms with Gasteiger partial charge in [-0.3, -0.25) is 4.68 Å². The minimum Gasteiger partial charge on any atom is -0.497 e. The SMILES string of the molecule is COc1ccc(OCCn2nc(N)c3ccccc32)cc1. The van der Waals surface area contributed by atoms with Crippen molar-refractivity contribution in [1.29, 1.82) is 0 Å². The number of para-hydroxylation sites is 1. The van der Waals surface area contributed by atoms with E-state index < -0.39 is 0 Å². The van der Waals surface area contributed by atoms with Crippen LogP contribution < -0.4 is 15.2 Å². The van der Waals surface area contributed by atoms with Crippen LogP contribution >= 0.6 is 0 Å². The van der Waals surface area contributed by atoms with Crippen LogP contribution in [0.15, 0.2) is 48.5 Å². The molecule has 0 radical (unpaired) electrons. The molecule has 5 heteroatoms. The Kier molecular flexibility index (Phi) is 3.64. The fourth-order valence-corrected chi connectivity index (χ4v) is 2.25. The molecule has 0 saturated carbocycles. The summed E-state index contributed by atoms with van der Waals surface area (Å²) < 4.78 is 12.7. The summed E-state index contributed by atoms with van der Waals surface area (Å²) in [6.07, 6.45) is 0. The standard InChI is InChI=1S/C16H17N3O2/c1-20-12-6-8-13(9-7-12)21-11-10-19-15-5-3-2-4-14(15)16(17)18-19/h2-9H,10-11H2,1H3,(H2,17,18). The van der Waals surface area contributed by atoms with Gasteiger partial charge in [0.2, 0.25) is 0 Å². The van der Waals surface area contributed by atoms with Crippen LogP contribution in [0.2, 0.25) is 0 Å². The molecule has 108 valence electrons. The van der Waals surface area contributed by atoms with Crippen molar-refractivity contribution >= 4 is 16.7 Å². The van der Waals surface area contributed by atoms with Crippen molar-refractivity contribution in [3.8, 4) is 11.5 Å². The molecule has 0 unspecified atom stereocenters. The summed E-state index contributed by atoms with van der Waals surface area (Å²) in [5.41, 5.74) is 6.93. The number of nitrogens with two attached hydrogens (primary N) is 1. The molecule has 0 aliphatic rings. The van der Waals surface area contributed by atoms with E-state index in [4.69, 9.17) is 15.2 Å². The van der Waals surface area contributed by atoms with Gasteiger partial charge in [-0.05, 0) is 36.4 Å². The predicted molar refractivity (Wildman–Crippen MR) is 82.6 cm³/mol. The van der Waals surface area contributed by atoms with Crippen LogP contribution in [0.5, 0.6) is 11.5 Å². The zero-order valence-corrected chi connectivity index (χ0v) is 11.8. The minimum atomic E-state index is 0.525. The first kappa shape index (κ1) is 13.3. The third-order valence-corrected chi connectivity index (χ3v) is 3.32. The van der Waals surface area contributed by atoms with Gasteiger partial charge < -0.3 is 15.2 Å². The molecule has 0 bridgehead atoms. The Morgan fingerprint density at radius 2 is 1.76 bits per heavy atom. The molecule has 1 aromatic heterocycles. The number of benzene rings is 2. The first-order valence-electron chi connectivity index (χ1n) is 6.76. The number of nitrogen functional groups attached to an aromatic ring is 1. The molecular formula is C16H17N3O2. The summed E-state index contributed by atoms with van der Waals surface area (Å²) in [5, 5.41) is 5.32. The van der Waals surface area contributed by atoms with E-state index in [0.29, 0.717) is 19.0 Å². The van der Waals surface area contributed by atoms with Gasteiger partial charge in [-0.2, -0.15) is 5.10 Å². The Morgan fingerprint density at radius 1 is 1.05 bits per heavy atom. The molecule has 0 amide bonds. The molecule has 2 N–H and O–H groups in total. The molecule has 3 aromatic rings. The first-order chi connectivity index (χ1) is 10.3. The fourth-order valence-electron chi connectivity index (χ4n) is 2.25. The number of ether oxygens (including phenoxy) is 2. The Hall–Kier alpha value is -2.69. The summed E-state index contributed by atoms with van der Waals surface area (Å²) >= 11 is 0. The van der Waals surface area contributed by atoms with Crippen LogP contribution in [-0.2, 0) is 6.54 Å². The van der Waals surface area contributed by atoms with Crippen LogP contribution in [0.4, 0.5) is 5.82 Å². The minimum absolute atomic E-state index is 0.525. The lowest BCUT2D eigenvalue weighted by atomic mass is 10.2. The molecule has 2 aromatic carbocycles. The van der Waals surface area contributed by atoms with Crippen LogP contribution in [0, 0.1) is 0 Å². The molecule has 3 rings (SSSR count). The molecular weight excluding hydrogens is 266 g/mol. The van der Waals surface area contributed by atoms with Crippen LogP contribution in [0.3, 0.4) is 0 Å². The van der Waals surface area contributed by atoms with Gasteiger partial charge in [-0.25, -0.2) is 0 Å². The maximum absolute atomic E-state index is 5.91. The number of aromatic nitrogens is 2. The molecule has 0 atom stereocenters. The third-order valence-electron chi connectivity index (χ3n) is 3.32. The summed E-state index contributed by atoms with van der Waals surface area (Å²) in [7, 11) is 1.64. The van der Waals surface area contributed by atoms with Gasteiger partial charge >= 0.3 is 0 Å². The zero-order chi connectivity index (χ0) is 14.7. The highest BCUT2D eigenvalue weighted by Crippen LogP contribution is 2.20. The van der Waals surface area contributed by atoms with Gasteiger partial charge in [0.05, 0.1) is 19.2 Å². The summed E-state index contributed by atoms with van der Waals surface area (Å²) in [5.74, 6) is 2.17. The fraction of sp³-hybridized carbons (Fsp3) is 0.188. The number of methoxy groups -OCH3 is 1. The van der Waals surface area contributed by atoms with Crippen molar-refractivity contribution in [2.45, 2.75) is 6.54 Å².